The minimum Gasteiger partial charge on any atom is -0.493 e. The topological polar surface area (TPSA) is 47.6 Å². The minimum atomic E-state index is -0.686. The quantitative estimate of drug-likeness (QED) is 0.887. The first-order chi connectivity index (χ1) is 11.0. The third-order valence-electron chi connectivity index (χ3n) is 3.47. The van der Waals surface area contributed by atoms with Crippen LogP contribution in [0, 0.1) is 5.82 Å². The third kappa shape index (κ3) is 4.45. The Morgan fingerprint density at radius 1 is 1.04 bits per heavy atom. The van der Waals surface area contributed by atoms with Crippen LogP contribution in [0.15, 0.2) is 48.5 Å². The minimum absolute atomic E-state index is 0.244. The van der Waals surface area contributed by atoms with Crippen molar-refractivity contribution in [2.45, 2.75) is 26.0 Å². The lowest BCUT2D eigenvalue weighted by molar-refractivity contribution is -0.127. The van der Waals surface area contributed by atoms with Gasteiger partial charge in [0.15, 0.2) is 17.6 Å². The third-order valence-corrected chi connectivity index (χ3v) is 3.47. The number of benzene rings is 2. The molecule has 0 aromatic heterocycles. The van der Waals surface area contributed by atoms with Gasteiger partial charge in [0.2, 0.25) is 0 Å². The van der Waals surface area contributed by atoms with Gasteiger partial charge >= 0.3 is 0 Å². The van der Waals surface area contributed by atoms with Gasteiger partial charge in [0.1, 0.15) is 5.82 Å². The number of nitrogens with one attached hydrogen (secondary N) is 1. The van der Waals surface area contributed by atoms with Crippen molar-refractivity contribution in [3.63, 3.8) is 0 Å². The van der Waals surface area contributed by atoms with Crippen molar-refractivity contribution in [3.05, 3.63) is 59.9 Å². The van der Waals surface area contributed by atoms with Crippen molar-refractivity contribution < 1.29 is 18.7 Å². The summed E-state index contributed by atoms with van der Waals surface area (Å²) in [5, 5.41) is 2.85. The molecule has 0 spiro atoms. The Bertz CT molecular complexity index is 658. The summed E-state index contributed by atoms with van der Waals surface area (Å²) >= 11 is 0. The SMILES string of the molecule is COc1ccccc1O[C@H](C)C(=O)N[C@H](C)c1ccc(F)cc1. The number of carbonyl (C=O) groups excluding carboxylic acids is 1. The van der Waals surface area contributed by atoms with E-state index in [1.165, 1.54) is 12.1 Å². The fourth-order valence-corrected chi connectivity index (χ4v) is 2.13. The summed E-state index contributed by atoms with van der Waals surface area (Å²) in [6.07, 6.45) is -0.686. The van der Waals surface area contributed by atoms with Gasteiger partial charge in [0.25, 0.3) is 5.91 Å². The highest BCUT2D eigenvalue weighted by molar-refractivity contribution is 5.81. The number of rotatable bonds is 6. The molecule has 23 heavy (non-hydrogen) atoms. The Balaban J connectivity index is 1.98. The van der Waals surface area contributed by atoms with E-state index in [1.807, 2.05) is 19.1 Å². The zero-order chi connectivity index (χ0) is 16.8. The van der Waals surface area contributed by atoms with Gasteiger partial charge in [-0.05, 0) is 43.7 Å². The van der Waals surface area contributed by atoms with Gasteiger partial charge in [-0.3, -0.25) is 4.79 Å². The summed E-state index contributed by atoms with van der Waals surface area (Å²) in [7, 11) is 1.55. The van der Waals surface area contributed by atoms with Crippen LogP contribution in [-0.4, -0.2) is 19.1 Å². The lowest BCUT2D eigenvalue weighted by Crippen LogP contribution is -2.37. The van der Waals surface area contributed by atoms with Crippen LogP contribution in [0.1, 0.15) is 25.5 Å². The van der Waals surface area contributed by atoms with Gasteiger partial charge in [0.05, 0.1) is 13.2 Å². The molecule has 0 saturated heterocycles. The summed E-state index contributed by atoms with van der Waals surface area (Å²) in [5.74, 6) is 0.513. The van der Waals surface area contributed by atoms with Crippen LogP contribution in [0.25, 0.3) is 0 Å². The number of ether oxygens (including phenoxy) is 2. The molecule has 0 bridgehead atoms. The normalized spacial score (nSPS) is 13.0. The number of halogens is 1. The zero-order valence-electron chi connectivity index (χ0n) is 13.4. The maximum Gasteiger partial charge on any atom is 0.261 e. The first kappa shape index (κ1) is 16.8. The van der Waals surface area contributed by atoms with Gasteiger partial charge in [-0.1, -0.05) is 24.3 Å². The molecule has 0 aliphatic heterocycles. The van der Waals surface area contributed by atoms with E-state index in [0.29, 0.717) is 11.5 Å². The van der Waals surface area contributed by atoms with E-state index < -0.39 is 6.10 Å². The van der Waals surface area contributed by atoms with Crippen molar-refractivity contribution in [1.29, 1.82) is 0 Å². The monoisotopic (exact) mass is 317 g/mol. The summed E-state index contributed by atoms with van der Waals surface area (Å²) < 4.78 is 23.8. The lowest BCUT2D eigenvalue weighted by Gasteiger charge is -2.20. The molecule has 0 heterocycles. The van der Waals surface area contributed by atoms with Crippen LogP contribution in [-0.2, 0) is 4.79 Å². The first-order valence-corrected chi connectivity index (χ1v) is 7.36. The van der Waals surface area contributed by atoms with Crippen LogP contribution in [0.3, 0.4) is 0 Å². The molecule has 2 aromatic carbocycles. The lowest BCUT2D eigenvalue weighted by atomic mass is 10.1. The van der Waals surface area contributed by atoms with Crippen molar-refractivity contribution in [1.82, 2.24) is 5.32 Å². The second kappa shape index (κ2) is 7.63. The largest absolute Gasteiger partial charge is 0.493 e. The van der Waals surface area contributed by atoms with Crippen molar-refractivity contribution >= 4 is 5.91 Å². The summed E-state index contributed by atoms with van der Waals surface area (Å²) in [5.41, 5.74) is 0.823. The van der Waals surface area contributed by atoms with Crippen LogP contribution in [0.2, 0.25) is 0 Å². The molecule has 4 nitrogen and oxygen atoms in total. The predicted octanol–water partition coefficient (Wildman–Crippen LogP) is 3.48. The molecular formula is C18H20FNO3. The van der Waals surface area contributed by atoms with Crippen LogP contribution < -0.4 is 14.8 Å². The zero-order valence-corrected chi connectivity index (χ0v) is 13.4. The molecule has 1 N–H and O–H groups in total. The highest BCUT2D eigenvalue weighted by Gasteiger charge is 2.19. The molecular weight excluding hydrogens is 297 g/mol. The number of methoxy groups -OCH3 is 1. The first-order valence-electron chi connectivity index (χ1n) is 7.36. The van der Waals surface area contributed by atoms with Gasteiger partial charge in [-0.15, -0.1) is 0 Å². The van der Waals surface area contributed by atoms with Gasteiger partial charge in [-0.25, -0.2) is 4.39 Å². The summed E-state index contributed by atoms with van der Waals surface area (Å²) in [6.45, 7) is 3.50. The molecule has 0 aliphatic carbocycles. The molecule has 0 radical (unpaired) electrons. The van der Waals surface area contributed by atoms with Crippen LogP contribution in [0.4, 0.5) is 4.39 Å². The van der Waals surface area contributed by atoms with Gasteiger partial charge in [0, 0.05) is 0 Å². The molecule has 1 amide bonds. The highest BCUT2D eigenvalue weighted by Crippen LogP contribution is 2.26. The van der Waals surface area contributed by atoms with Gasteiger partial charge < -0.3 is 14.8 Å². The van der Waals surface area contributed by atoms with Crippen molar-refractivity contribution in [3.8, 4) is 11.5 Å². The van der Waals surface area contributed by atoms with Crippen LogP contribution >= 0.6 is 0 Å². The fourth-order valence-electron chi connectivity index (χ4n) is 2.13. The summed E-state index contributed by atoms with van der Waals surface area (Å²) in [6, 6.07) is 12.9. The van der Waals surface area contributed by atoms with E-state index in [9.17, 15) is 9.18 Å². The van der Waals surface area contributed by atoms with Crippen molar-refractivity contribution in [2.75, 3.05) is 7.11 Å². The fraction of sp³-hybridized carbons (Fsp3) is 0.278. The molecule has 0 unspecified atom stereocenters. The second-order valence-corrected chi connectivity index (χ2v) is 5.19. The smallest absolute Gasteiger partial charge is 0.261 e. The Labute approximate surface area is 135 Å². The number of hydrogen-bond donors (Lipinski definition) is 1. The van der Waals surface area contributed by atoms with E-state index in [1.54, 1.807) is 38.3 Å². The number of para-hydroxylation sites is 2. The average Bonchev–Trinajstić information content (AvgIpc) is 2.55. The Morgan fingerprint density at radius 2 is 1.65 bits per heavy atom. The van der Waals surface area contributed by atoms with E-state index in [0.717, 1.165) is 5.56 Å². The number of amides is 1. The molecule has 0 fully saturated rings. The molecule has 2 rings (SSSR count). The highest BCUT2D eigenvalue weighted by atomic mass is 19.1. The maximum absolute atomic E-state index is 12.9. The molecule has 2 aromatic rings. The number of hydrogen-bond acceptors (Lipinski definition) is 3. The van der Waals surface area contributed by atoms with E-state index in [-0.39, 0.29) is 17.8 Å². The van der Waals surface area contributed by atoms with E-state index >= 15 is 0 Å². The standard InChI is InChI=1S/C18H20FNO3/c1-12(14-8-10-15(19)11-9-14)20-18(21)13(2)23-17-7-5-4-6-16(17)22-3/h4-13H,1-3H3,(H,20,21)/t12-,13-/m1/s1. The predicted molar refractivity (Wildman–Crippen MR) is 86.0 cm³/mol. The molecule has 5 heteroatoms. The van der Waals surface area contributed by atoms with E-state index in [2.05, 4.69) is 5.32 Å². The molecule has 122 valence electrons. The Kier molecular flexibility index (Phi) is 5.57. The molecule has 0 aliphatic rings. The van der Waals surface area contributed by atoms with Crippen LogP contribution in [0.5, 0.6) is 11.5 Å². The molecule has 2 atom stereocenters. The average molecular weight is 317 g/mol. The van der Waals surface area contributed by atoms with E-state index in [4.69, 9.17) is 9.47 Å². The number of carbonyl (C=O) groups is 1. The Hall–Kier alpha value is -2.56. The van der Waals surface area contributed by atoms with Crippen molar-refractivity contribution in [2.24, 2.45) is 0 Å². The summed E-state index contributed by atoms with van der Waals surface area (Å²) in [4.78, 5) is 12.2. The molecule has 0 saturated carbocycles. The maximum atomic E-state index is 12.9. The van der Waals surface area contributed by atoms with Gasteiger partial charge in [-0.2, -0.15) is 0 Å². The second-order valence-electron chi connectivity index (χ2n) is 5.19. The Morgan fingerprint density at radius 3 is 2.26 bits per heavy atom.